The highest BCUT2D eigenvalue weighted by atomic mass is 16.3. The van der Waals surface area contributed by atoms with E-state index < -0.39 is 5.41 Å². The quantitative estimate of drug-likeness (QED) is 0.213. The Morgan fingerprint density at radius 3 is 0.846 bits per heavy atom. The topological polar surface area (TPSA) is 80.9 Å². The summed E-state index contributed by atoms with van der Waals surface area (Å²) in [7, 11) is 0. The second kappa shape index (κ2) is 10.00. The molecule has 4 aromatic carbocycles. The molecule has 204 valence electrons. The molecule has 0 radical (unpaired) electrons. The number of rotatable bonds is 5. The predicted molar refractivity (Wildman–Crippen MR) is 159 cm³/mol. The largest absolute Gasteiger partial charge is 0.507 e. The lowest BCUT2D eigenvalue weighted by molar-refractivity contribution is 0.454. The zero-order valence-corrected chi connectivity index (χ0v) is 24.5. The molecule has 4 aromatic rings. The first-order valence-electron chi connectivity index (χ1n) is 13.4. The lowest BCUT2D eigenvalue weighted by Gasteiger charge is -2.41. The Bertz CT molecular complexity index is 1390. The van der Waals surface area contributed by atoms with Crippen LogP contribution in [0.4, 0.5) is 0 Å². The Balaban J connectivity index is 2.21. The number of benzene rings is 4. The fourth-order valence-corrected chi connectivity index (χ4v) is 6.18. The van der Waals surface area contributed by atoms with Crippen molar-refractivity contribution in [1.29, 1.82) is 0 Å². The number of aryl methyl sites for hydroxylation is 8. The van der Waals surface area contributed by atoms with Gasteiger partial charge in [0.2, 0.25) is 0 Å². The molecule has 0 spiro atoms. The van der Waals surface area contributed by atoms with Crippen LogP contribution >= 0.6 is 0 Å². The van der Waals surface area contributed by atoms with Gasteiger partial charge in [0.1, 0.15) is 23.0 Å². The van der Waals surface area contributed by atoms with Gasteiger partial charge in [-0.1, -0.05) is 55.5 Å². The first kappa shape index (κ1) is 28.1. The molecule has 4 N–H and O–H groups in total. The Labute approximate surface area is 232 Å². The van der Waals surface area contributed by atoms with Gasteiger partial charge in [-0.2, -0.15) is 0 Å². The summed E-state index contributed by atoms with van der Waals surface area (Å²) in [4.78, 5) is 0. The van der Waals surface area contributed by atoms with Gasteiger partial charge in [0.15, 0.2) is 0 Å². The van der Waals surface area contributed by atoms with Crippen molar-refractivity contribution in [1.82, 2.24) is 0 Å². The average molecular weight is 525 g/mol. The van der Waals surface area contributed by atoms with Crippen molar-refractivity contribution in [3.05, 3.63) is 115 Å². The molecule has 0 unspecified atom stereocenters. The van der Waals surface area contributed by atoms with Gasteiger partial charge in [0, 0.05) is 11.3 Å². The van der Waals surface area contributed by atoms with E-state index in [-0.39, 0.29) is 28.9 Å². The van der Waals surface area contributed by atoms with Crippen molar-refractivity contribution >= 4 is 0 Å². The number of hydrogen-bond acceptors (Lipinski definition) is 4. The molecule has 0 amide bonds. The standard InChI is InChI=1S/C35H40O4/c1-18-10-26(11-19(2)31(18)36)30(27-12-20(3)32(37)21(4)13-27)35(9,28-14-22(5)33(38)23(6)15-28)29-16-24(7)34(39)25(8)17-29/h10-17,30,36-39H,1-9H3. The monoisotopic (exact) mass is 524 g/mol. The molecule has 0 heterocycles. The van der Waals surface area contributed by atoms with Crippen LogP contribution in [-0.4, -0.2) is 20.4 Å². The third-order valence-corrected chi connectivity index (χ3v) is 8.45. The molecule has 0 atom stereocenters. The lowest BCUT2D eigenvalue weighted by Crippen LogP contribution is -2.33. The van der Waals surface area contributed by atoms with Crippen molar-refractivity contribution in [3.63, 3.8) is 0 Å². The van der Waals surface area contributed by atoms with Crippen molar-refractivity contribution in [2.45, 2.75) is 73.6 Å². The van der Waals surface area contributed by atoms with E-state index in [2.05, 4.69) is 6.92 Å². The zero-order valence-electron chi connectivity index (χ0n) is 24.5. The van der Waals surface area contributed by atoms with Gasteiger partial charge in [0.05, 0.1) is 0 Å². The molecule has 0 aromatic heterocycles. The summed E-state index contributed by atoms with van der Waals surface area (Å²) < 4.78 is 0. The van der Waals surface area contributed by atoms with Crippen LogP contribution in [0.1, 0.15) is 79.6 Å². The maximum Gasteiger partial charge on any atom is 0.121 e. The van der Waals surface area contributed by atoms with E-state index in [0.29, 0.717) is 0 Å². The first-order valence-corrected chi connectivity index (χ1v) is 13.4. The van der Waals surface area contributed by atoms with Crippen molar-refractivity contribution in [2.24, 2.45) is 0 Å². The summed E-state index contributed by atoms with van der Waals surface area (Å²) in [6.45, 7) is 17.5. The van der Waals surface area contributed by atoms with E-state index in [0.717, 1.165) is 66.8 Å². The van der Waals surface area contributed by atoms with Crippen LogP contribution in [0.15, 0.2) is 48.5 Å². The van der Waals surface area contributed by atoms with Gasteiger partial charge < -0.3 is 20.4 Å². The van der Waals surface area contributed by atoms with Crippen LogP contribution in [-0.2, 0) is 5.41 Å². The van der Waals surface area contributed by atoms with E-state index in [4.69, 9.17) is 0 Å². The van der Waals surface area contributed by atoms with Gasteiger partial charge in [-0.3, -0.25) is 0 Å². The smallest absolute Gasteiger partial charge is 0.121 e. The second-order valence-corrected chi connectivity index (χ2v) is 11.6. The van der Waals surface area contributed by atoms with Gasteiger partial charge in [-0.15, -0.1) is 0 Å². The van der Waals surface area contributed by atoms with Gasteiger partial charge in [0.25, 0.3) is 0 Å². The van der Waals surface area contributed by atoms with E-state index in [1.54, 1.807) is 0 Å². The minimum atomic E-state index is -0.669. The van der Waals surface area contributed by atoms with Crippen LogP contribution in [0.3, 0.4) is 0 Å². The summed E-state index contributed by atoms with van der Waals surface area (Å²) >= 11 is 0. The third kappa shape index (κ3) is 4.73. The minimum Gasteiger partial charge on any atom is -0.507 e. The second-order valence-electron chi connectivity index (χ2n) is 11.6. The average Bonchev–Trinajstić information content (AvgIpc) is 2.86. The molecule has 0 saturated heterocycles. The van der Waals surface area contributed by atoms with Crippen molar-refractivity contribution in [3.8, 4) is 23.0 Å². The Morgan fingerprint density at radius 2 is 0.615 bits per heavy atom. The Morgan fingerprint density at radius 1 is 0.410 bits per heavy atom. The number of aromatic hydroxyl groups is 4. The van der Waals surface area contributed by atoms with Gasteiger partial charge in [-0.05, 0) is 122 Å². The van der Waals surface area contributed by atoms with Crippen LogP contribution in [0, 0.1) is 55.4 Å². The van der Waals surface area contributed by atoms with Crippen LogP contribution in [0.2, 0.25) is 0 Å². The lowest BCUT2D eigenvalue weighted by atomic mass is 9.61. The number of phenolic OH excluding ortho intramolecular Hbond substituents is 4. The van der Waals surface area contributed by atoms with E-state index in [1.807, 2.05) is 104 Å². The van der Waals surface area contributed by atoms with E-state index >= 15 is 0 Å². The van der Waals surface area contributed by atoms with Gasteiger partial charge in [-0.25, -0.2) is 0 Å². The summed E-state index contributed by atoms with van der Waals surface area (Å²) in [5, 5.41) is 42.7. The van der Waals surface area contributed by atoms with Gasteiger partial charge >= 0.3 is 0 Å². The van der Waals surface area contributed by atoms with Crippen LogP contribution in [0.5, 0.6) is 23.0 Å². The zero-order chi connectivity index (χ0) is 29.0. The Hall–Kier alpha value is -3.92. The van der Waals surface area contributed by atoms with E-state index in [9.17, 15) is 20.4 Å². The highest BCUT2D eigenvalue weighted by molar-refractivity contribution is 5.59. The number of phenols is 4. The Kier molecular flexibility index (Phi) is 7.20. The first-order chi connectivity index (χ1) is 18.2. The fraction of sp³-hybridized carbons (Fsp3) is 0.314. The molecular formula is C35H40O4. The SMILES string of the molecule is Cc1cc(C(c2cc(C)c(O)c(C)c2)C(C)(c2cc(C)c(O)c(C)c2)c2cc(C)c(O)c(C)c2)cc(C)c1O. The highest BCUT2D eigenvalue weighted by Crippen LogP contribution is 2.51. The molecule has 0 bridgehead atoms. The summed E-state index contributed by atoms with van der Waals surface area (Å²) in [5.41, 5.74) is 9.77. The molecule has 0 fully saturated rings. The molecule has 39 heavy (non-hydrogen) atoms. The molecule has 4 rings (SSSR count). The predicted octanol–water partition coefficient (Wildman–Crippen LogP) is 8.11. The molecular weight excluding hydrogens is 484 g/mol. The molecule has 4 heteroatoms. The maximum absolute atomic E-state index is 10.7. The third-order valence-electron chi connectivity index (χ3n) is 8.45. The van der Waals surface area contributed by atoms with Crippen LogP contribution < -0.4 is 0 Å². The number of hydrogen-bond donors (Lipinski definition) is 4. The molecule has 0 aliphatic rings. The summed E-state index contributed by atoms with van der Waals surface area (Å²) in [6, 6.07) is 16.4. The summed E-state index contributed by atoms with van der Waals surface area (Å²) in [5.74, 6) is 0.890. The van der Waals surface area contributed by atoms with E-state index in [1.165, 1.54) is 0 Å². The maximum atomic E-state index is 10.7. The molecule has 0 aliphatic carbocycles. The minimum absolute atomic E-state index is 0.236. The van der Waals surface area contributed by atoms with Crippen molar-refractivity contribution in [2.75, 3.05) is 0 Å². The molecule has 4 nitrogen and oxygen atoms in total. The highest BCUT2D eigenvalue weighted by Gasteiger charge is 2.41. The van der Waals surface area contributed by atoms with Crippen molar-refractivity contribution < 1.29 is 20.4 Å². The molecule has 0 saturated carbocycles. The summed E-state index contributed by atoms with van der Waals surface area (Å²) in [6.07, 6.45) is 0. The fourth-order valence-electron chi connectivity index (χ4n) is 6.18. The van der Waals surface area contributed by atoms with Crippen LogP contribution in [0.25, 0.3) is 0 Å². The molecule has 0 aliphatic heterocycles. The normalized spacial score (nSPS) is 11.8.